The SMILES string of the molecule is CCc1nncn1CCNC(=NC)NCC1(c2ccccc2)CCCC1.I. The molecule has 3 rings (SSSR count). The van der Waals surface area contributed by atoms with Gasteiger partial charge in [-0.3, -0.25) is 4.99 Å². The minimum Gasteiger partial charge on any atom is -0.356 e. The molecule has 148 valence electrons. The Bertz CT molecular complexity index is 706. The molecule has 0 amide bonds. The molecular formula is C20H31IN6. The number of benzene rings is 1. The van der Waals surface area contributed by atoms with Crippen LogP contribution in [0.25, 0.3) is 0 Å². The molecule has 0 radical (unpaired) electrons. The molecule has 0 atom stereocenters. The van der Waals surface area contributed by atoms with Gasteiger partial charge in [0, 0.05) is 38.5 Å². The van der Waals surface area contributed by atoms with E-state index in [9.17, 15) is 0 Å². The number of aliphatic imine (C=N–C) groups is 1. The van der Waals surface area contributed by atoms with Crippen LogP contribution in [0.5, 0.6) is 0 Å². The van der Waals surface area contributed by atoms with Crippen LogP contribution in [0.15, 0.2) is 41.7 Å². The average Bonchev–Trinajstić information content (AvgIpc) is 3.35. The summed E-state index contributed by atoms with van der Waals surface area (Å²) in [6, 6.07) is 10.9. The lowest BCUT2D eigenvalue weighted by molar-refractivity contribution is 0.431. The smallest absolute Gasteiger partial charge is 0.191 e. The summed E-state index contributed by atoms with van der Waals surface area (Å²) in [6.07, 6.45) is 7.77. The van der Waals surface area contributed by atoms with Gasteiger partial charge in [0.2, 0.25) is 0 Å². The van der Waals surface area contributed by atoms with E-state index in [1.807, 2.05) is 7.05 Å². The molecule has 27 heavy (non-hydrogen) atoms. The van der Waals surface area contributed by atoms with Gasteiger partial charge in [0.25, 0.3) is 0 Å². The van der Waals surface area contributed by atoms with Crippen molar-refractivity contribution in [3.8, 4) is 0 Å². The molecule has 7 heteroatoms. The van der Waals surface area contributed by atoms with Crippen molar-refractivity contribution in [1.29, 1.82) is 0 Å². The van der Waals surface area contributed by atoms with E-state index >= 15 is 0 Å². The fourth-order valence-electron chi connectivity index (χ4n) is 3.92. The van der Waals surface area contributed by atoms with Crippen molar-refractivity contribution in [2.75, 3.05) is 20.1 Å². The van der Waals surface area contributed by atoms with Crippen molar-refractivity contribution in [3.05, 3.63) is 48.0 Å². The first-order chi connectivity index (χ1) is 12.8. The van der Waals surface area contributed by atoms with Crippen LogP contribution >= 0.6 is 24.0 Å². The van der Waals surface area contributed by atoms with Crippen LogP contribution in [0.3, 0.4) is 0 Å². The zero-order valence-electron chi connectivity index (χ0n) is 16.3. The van der Waals surface area contributed by atoms with Gasteiger partial charge in [0.05, 0.1) is 0 Å². The third-order valence-electron chi connectivity index (χ3n) is 5.42. The second kappa shape index (κ2) is 10.6. The number of nitrogens with zero attached hydrogens (tertiary/aromatic N) is 4. The monoisotopic (exact) mass is 482 g/mol. The molecule has 2 N–H and O–H groups in total. The lowest BCUT2D eigenvalue weighted by Crippen LogP contribution is -2.45. The summed E-state index contributed by atoms with van der Waals surface area (Å²) in [6.45, 7) is 4.65. The summed E-state index contributed by atoms with van der Waals surface area (Å²) in [7, 11) is 1.83. The summed E-state index contributed by atoms with van der Waals surface area (Å²) in [4.78, 5) is 4.39. The molecule has 1 fully saturated rings. The molecule has 6 nitrogen and oxygen atoms in total. The highest BCUT2D eigenvalue weighted by atomic mass is 127. The van der Waals surface area contributed by atoms with Crippen LogP contribution in [-0.4, -0.2) is 40.9 Å². The van der Waals surface area contributed by atoms with E-state index < -0.39 is 0 Å². The van der Waals surface area contributed by atoms with E-state index in [0.29, 0.717) is 0 Å². The first-order valence-electron chi connectivity index (χ1n) is 9.64. The molecule has 1 aliphatic rings. The average molecular weight is 482 g/mol. The number of aromatic nitrogens is 3. The van der Waals surface area contributed by atoms with E-state index in [0.717, 1.165) is 37.8 Å². The third kappa shape index (κ3) is 5.43. The Morgan fingerprint density at radius 3 is 2.59 bits per heavy atom. The third-order valence-corrected chi connectivity index (χ3v) is 5.42. The predicted octanol–water partition coefficient (Wildman–Crippen LogP) is 3.14. The van der Waals surface area contributed by atoms with Crippen LogP contribution in [0.2, 0.25) is 0 Å². The Labute approximate surface area is 179 Å². The molecule has 0 spiro atoms. The van der Waals surface area contributed by atoms with Crippen LogP contribution in [0.1, 0.15) is 44.0 Å². The lowest BCUT2D eigenvalue weighted by Gasteiger charge is -2.30. The van der Waals surface area contributed by atoms with Gasteiger partial charge in [-0.1, -0.05) is 50.1 Å². The number of aryl methyl sites for hydroxylation is 1. The minimum absolute atomic E-state index is 0. The molecule has 1 heterocycles. The molecule has 1 aromatic carbocycles. The number of nitrogens with one attached hydrogen (secondary N) is 2. The maximum absolute atomic E-state index is 4.39. The van der Waals surface area contributed by atoms with Gasteiger partial charge in [-0.2, -0.15) is 0 Å². The predicted molar refractivity (Wildman–Crippen MR) is 121 cm³/mol. The Balaban J connectivity index is 0.00000261. The van der Waals surface area contributed by atoms with Crippen molar-refractivity contribution in [1.82, 2.24) is 25.4 Å². The number of guanidine groups is 1. The first-order valence-corrected chi connectivity index (χ1v) is 9.64. The number of rotatable bonds is 7. The molecule has 1 saturated carbocycles. The maximum Gasteiger partial charge on any atom is 0.191 e. The van der Waals surface area contributed by atoms with Gasteiger partial charge in [0.15, 0.2) is 5.96 Å². The molecule has 2 aromatic rings. The fraction of sp³-hybridized carbons (Fsp3) is 0.550. The lowest BCUT2D eigenvalue weighted by atomic mass is 9.79. The summed E-state index contributed by atoms with van der Waals surface area (Å²) in [5.41, 5.74) is 1.67. The molecule has 1 aromatic heterocycles. The fourth-order valence-corrected chi connectivity index (χ4v) is 3.92. The van der Waals surface area contributed by atoms with Gasteiger partial charge < -0.3 is 15.2 Å². The highest BCUT2D eigenvalue weighted by Gasteiger charge is 2.35. The summed E-state index contributed by atoms with van der Waals surface area (Å²) < 4.78 is 2.09. The highest BCUT2D eigenvalue weighted by Crippen LogP contribution is 2.40. The highest BCUT2D eigenvalue weighted by molar-refractivity contribution is 14.0. The van der Waals surface area contributed by atoms with Gasteiger partial charge >= 0.3 is 0 Å². The van der Waals surface area contributed by atoms with E-state index in [-0.39, 0.29) is 29.4 Å². The van der Waals surface area contributed by atoms with Crippen molar-refractivity contribution >= 4 is 29.9 Å². The quantitative estimate of drug-likeness (QED) is 0.362. The van der Waals surface area contributed by atoms with Crippen molar-refractivity contribution < 1.29 is 0 Å². The van der Waals surface area contributed by atoms with E-state index in [4.69, 9.17) is 0 Å². The molecular weight excluding hydrogens is 451 g/mol. The van der Waals surface area contributed by atoms with Gasteiger partial charge in [-0.15, -0.1) is 34.2 Å². The van der Waals surface area contributed by atoms with Gasteiger partial charge in [-0.25, -0.2) is 0 Å². The molecule has 0 saturated heterocycles. The maximum atomic E-state index is 4.39. The Hall–Kier alpha value is -1.64. The first kappa shape index (κ1) is 21.7. The summed E-state index contributed by atoms with van der Waals surface area (Å²) in [5, 5.41) is 15.1. The van der Waals surface area contributed by atoms with Crippen LogP contribution in [-0.2, 0) is 18.4 Å². The number of hydrogen-bond acceptors (Lipinski definition) is 3. The van der Waals surface area contributed by atoms with Crippen LogP contribution < -0.4 is 10.6 Å². The van der Waals surface area contributed by atoms with E-state index in [2.05, 4.69) is 67.6 Å². The second-order valence-corrected chi connectivity index (χ2v) is 7.00. The molecule has 0 aliphatic heterocycles. The zero-order chi connectivity index (χ0) is 18.2. The summed E-state index contributed by atoms with van der Waals surface area (Å²) in [5.74, 6) is 1.88. The Morgan fingerprint density at radius 1 is 1.19 bits per heavy atom. The Morgan fingerprint density at radius 2 is 1.93 bits per heavy atom. The van der Waals surface area contributed by atoms with Crippen molar-refractivity contribution in [2.45, 2.75) is 51.0 Å². The zero-order valence-corrected chi connectivity index (χ0v) is 18.6. The standard InChI is InChI=1S/C20H30N6.HI/c1-3-18-25-24-16-26(18)14-13-22-19(21-2)23-15-20(11-7-8-12-20)17-9-5-4-6-10-17;/h4-6,9-10,16H,3,7-8,11-15H2,1-2H3,(H2,21,22,23);1H. The van der Waals surface area contributed by atoms with Crippen LogP contribution in [0, 0.1) is 0 Å². The minimum atomic E-state index is 0. The Kier molecular flexibility index (Phi) is 8.53. The van der Waals surface area contributed by atoms with Crippen molar-refractivity contribution in [3.63, 3.8) is 0 Å². The topological polar surface area (TPSA) is 67.1 Å². The second-order valence-electron chi connectivity index (χ2n) is 7.00. The number of hydrogen-bond donors (Lipinski definition) is 2. The summed E-state index contributed by atoms with van der Waals surface area (Å²) >= 11 is 0. The van der Waals surface area contributed by atoms with E-state index in [1.54, 1.807) is 6.33 Å². The van der Waals surface area contributed by atoms with E-state index in [1.165, 1.54) is 31.2 Å². The molecule has 1 aliphatic carbocycles. The van der Waals surface area contributed by atoms with Crippen LogP contribution in [0.4, 0.5) is 0 Å². The molecule has 0 bridgehead atoms. The van der Waals surface area contributed by atoms with Crippen molar-refractivity contribution in [2.24, 2.45) is 4.99 Å². The van der Waals surface area contributed by atoms with Gasteiger partial charge in [0.1, 0.15) is 12.2 Å². The molecule has 0 unspecified atom stereocenters. The van der Waals surface area contributed by atoms with Gasteiger partial charge in [-0.05, 0) is 18.4 Å². The normalized spacial score (nSPS) is 16.0. The largest absolute Gasteiger partial charge is 0.356 e. The number of halogens is 1.